The lowest BCUT2D eigenvalue weighted by molar-refractivity contribution is 0.130. The standard InChI is InChI=1S/C19H12F3N3O2/c20-13-1-2-15(16(22)5-13)18-17(25-19(26)27-18)12-3-10(6-23-8-12)11-4-14(21)9-24-7-11/h1-9,17-18H,(H,25,26)/t17-,18-/m1/s1. The van der Waals surface area contributed by atoms with Gasteiger partial charge in [-0.2, -0.15) is 0 Å². The van der Waals surface area contributed by atoms with E-state index in [-0.39, 0.29) is 5.56 Å². The molecule has 0 unspecified atom stereocenters. The number of amides is 1. The van der Waals surface area contributed by atoms with Crippen LogP contribution in [0.5, 0.6) is 0 Å². The zero-order chi connectivity index (χ0) is 19.0. The van der Waals surface area contributed by atoms with E-state index in [1.165, 1.54) is 30.7 Å². The highest BCUT2D eigenvalue weighted by Crippen LogP contribution is 2.38. The number of nitrogens with one attached hydrogen (secondary N) is 1. The second-order valence-electron chi connectivity index (χ2n) is 6.01. The predicted octanol–water partition coefficient (Wildman–Crippen LogP) is 4.08. The number of rotatable bonds is 3. The number of cyclic esters (lactones) is 1. The maximum Gasteiger partial charge on any atom is 0.408 e. The normalized spacial score (nSPS) is 18.9. The second-order valence-corrected chi connectivity index (χ2v) is 6.01. The Kier molecular flexibility index (Phi) is 4.23. The van der Waals surface area contributed by atoms with Gasteiger partial charge in [-0.3, -0.25) is 9.97 Å². The van der Waals surface area contributed by atoms with E-state index in [9.17, 15) is 18.0 Å². The molecule has 4 rings (SSSR count). The van der Waals surface area contributed by atoms with Crippen molar-refractivity contribution in [2.24, 2.45) is 0 Å². The summed E-state index contributed by atoms with van der Waals surface area (Å²) in [6, 6.07) is 5.29. The number of benzene rings is 1. The number of carbonyl (C=O) groups is 1. The number of hydrogen-bond donors (Lipinski definition) is 1. The van der Waals surface area contributed by atoms with E-state index in [0.717, 1.165) is 18.3 Å². The molecule has 3 aromatic rings. The molecule has 0 aliphatic carbocycles. The number of alkyl carbamates (subject to hydrolysis) is 1. The number of halogens is 3. The predicted molar refractivity (Wildman–Crippen MR) is 88.9 cm³/mol. The molecule has 1 aliphatic rings. The quantitative estimate of drug-likeness (QED) is 0.753. The first-order chi connectivity index (χ1) is 13.0. The Labute approximate surface area is 151 Å². The van der Waals surface area contributed by atoms with Crippen LogP contribution in [0.4, 0.5) is 18.0 Å². The summed E-state index contributed by atoms with van der Waals surface area (Å²) in [4.78, 5) is 19.7. The van der Waals surface area contributed by atoms with Crippen molar-refractivity contribution in [2.75, 3.05) is 0 Å². The molecule has 1 amide bonds. The summed E-state index contributed by atoms with van der Waals surface area (Å²) in [5.41, 5.74) is 1.63. The summed E-state index contributed by atoms with van der Waals surface area (Å²) in [7, 11) is 0. The van der Waals surface area contributed by atoms with Gasteiger partial charge in [0.05, 0.1) is 6.20 Å². The Balaban J connectivity index is 1.73. The van der Waals surface area contributed by atoms with Crippen LogP contribution in [-0.4, -0.2) is 16.1 Å². The highest BCUT2D eigenvalue weighted by Gasteiger charge is 2.38. The minimum absolute atomic E-state index is 0.0394. The Bertz CT molecular complexity index is 1030. The molecular weight excluding hydrogens is 359 g/mol. The molecule has 3 heterocycles. The molecule has 0 spiro atoms. The van der Waals surface area contributed by atoms with E-state index < -0.39 is 35.7 Å². The average molecular weight is 371 g/mol. The molecule has 1 fully saturated rings. The Morgan fingerprint density at radius 3 is 2.37 bits per heavy atom. The molecule has 1 saturated heterocycles. The summed E-state index contributed by atoms with van der Waals surface area (Å²) in [5, 5.41) is 2.60. The molecule has 1 N–H and O–H groups in total. The third-order valence-corrected chi connectivity index (χ3v) is 4.24. The summed E-state index contributed by atoms with van der Waals surface area (Å²) < 4.78 is 46.0. The molecule has 5 nitrogen and oxygen atoms in total. The topological polar surface area (TPSA) is 64.1 Å². The lowest BCUT2D eigenvalue weighted by Crippen LogP contribution is -2.20. The van der Waals surface area contributed by atoms with Crippen molar-refractivity contribution >= 4 is 6.09 Å². The first-order valence-electron chi connectivity index (χ1n) is 7.99. The fraction of sp³-hybridized carbons (Fsp3) is 0.105. The third-order valence-electron chi connectivity index (χ3n) is 4.24. The van der Waals surface area contributed by atoms with Gasteiger partial charge in [-0.25, -0.2) is 18.0 Å². The van der Waals surface area contributed by atoms with Gasteiger partial charge >= 0.3 is 6.09 Å². The largest absolute Gasteiger partial charge is 0.439 e. The van der Waals surface area contributed by atoms with Crippen LogP contribution in [0.3, 0.4) is 0 Å². The van der Waals surface area contributed by atoms with Crippen LogP contribution in [0, 0.1) is 17.5 Å². The highest BCUT2D eigenvalue weighted by atomic mass is 19.1. The number of aromatic nitrogens is 2. The molecule has 1 aromatic carbocycles. The van der Waals surface area contributed by atoms with Crippen LogP contribution in [0.25, 0.3) is 11.1 Å². The van der Waals surface area contributed by atoms with Gasteiger partial charge in [-0.15, -0.1) is 0 Å². The minimum atomic E-state index is -0.999. The molecule has 0 radical (unpaired) electrons. The smallest absolute Gasteiger partial charge is 0.408 e. The molecule has 0 bridgehead atoms. The van der Waals surface area contributed by atoms with Gasteiger partial charge in [0.1, 0.15) is 23.5 Å². The van der Waals surface area contributed by atoms with Crippen LogP contribution in [-0.2, 0) is 4.74 Å². The van der Waals surface area contributed by atoms with Gasteiger partial charge in [0.15, 0.2) is 6.10 Å². The summed E-state index contributed by atoms with van der Waals surface area (Å²) in [6.07, 6.45) is 3.84. The molecular formula is C19H12F3N3O2. The SMILES string of the molecule is O=C1N[C@H](c2cncc(-c3cncc(F)c3)c2)[C@@H](c2ccc(F)cc2F)O1. The molecule has 2 atom stereocenters. The van der Waals surface area contributed by atoms with Crippen LogP contribution < -0.4 is 5.32 Å². The third kappa shape index (κ3) is 3.33. The van der Waals surface area contributed by atoms with E-state index in [1.807, 2.05) is 0 Å². The molecule has 136 valence electrons. The maximum absolute atomic E-state index is 14.2. The average Bonchev–Trinajstić information content (AvgIpc) is 3.03. The van der Waals surface area contributed by atoms with Crippen molar-refractivity contribution in [1.29, 1.82) is 0 Å². The van der Waals surface area contributed by atoms with Gasteiger partial charge in [0.2, 0.25) is 0 Å². The van der Waals surface area contributed by atoms with Gasteiger partial charge in [-0.1, -0.05) is 0 Å². The van der Waals surface area contributed by atoms with Crippen molar-refractivity contribution in [3.8, 4) is 11.1 Å². The molecule has 2 aromatic heterocycles. The number of pyridine rings is 2. The van der Waals surface area contributed by atoms with E-state index in [2.05, 4.69) is 15.3 Å². The number of ether oxygens (including phenoxy) is 1. The van der Waals surface area contributed by atoms with Crippen molar-refractivity contribution in [3.63, 3.8) is 0 Å². The molecule has 8 heteroatoms. The Morgan fingerprint density at radius 1 is 0.889 bits per heavy atom. The van der Waals surface area contributed by atoms with Crippen molar-refractivity contribution < 1.29 is 22.7 Å². The lowest BCUT2D eigenvalue weighted by Gasteiger charge is -2.18. The molecule has 1 aliphatic heterocycles. The Morgan fingerprint density at radius 2 is 1.63 bits per heavy atom. The van der Waals surface area contributed by atoms with Crippen LogP contribution in [0.2, 0.25) is 0 Å². The maximum atomic E-state index is 14.2. The van der Waals surface area contributed by atoms with Crippen LogP contribution >= 0.6 is 0 Å². The fourth-order valence-corrected chi connectivity index (χ4v) is 3.01. The van der Waals surface area contributed by atoms with Crippen molar-refractivity contribution in [1.82, 2.24) is 15.3 Å². The van der Waals surface area contributed by atoms with Crippen LogP contribution in [0.1, 0.15) is 23.3 Å². The summed E-state index contributed by atoms with van der Waals surface area (Å²) in [5.74, 6) is -2.05. The summed E-state index contributed by atoms with van der Waals surface area (Å²) in [6.45, 7) is 0. The number of carbonyl (C=O) groups excluding carboxylic acids is 1. The fourth-order valence-electron chi connectivity index (χ4n) is 3.01. The second kappa shape index (κ2) is 6.71. The zero-order valence-electron chi connectivity index (χ0n) is 13.7. The Hall–Kier alpha value is -3.42. The number of nitrogens with zero attached hydrogens (tertiary/aromatic N) is 2. The van der Waals surface area contributed by atoms with Gasteiger partial charge in [0, 0.05) is 41.3 Å². The first-order valence-corrected chi connectivity index (χ1v) is 7.99. The first kappa shape index (κ1) is 17.0. The lowest BCUT2D eigenvalue weighted by atomic mass is 9.95. The highest BCUT2D eigenvalue weighted by molar-refractivity contribution is 5.71. The minimum Gasteiger partial charge on any atom is -0.439 e. The number of hydrogen-bond acceptors (Lipinski definition) is 4. The van der Waals surface area contributed by atoms with Crippen molar-refractivity contribution in [2.45, 2.75) is 12.1 Å². The van der Waals surface area contributed by atoms with E-state index >= 15 is 0 Å². The van der Waals surface area contributed by atoms with E-state index in [0.29, 0.717) is 16.7 Å². The summed E-state index contributed by atoms with van der Waals surface area (Å²) >= 11 is 0. The van der Waals surface area contributed by atoms with E-state index in [1.54, 1.807) is 6.07 Å². The van der Waals surface area contributed by atoms with E-state index in [4.69, 9.17) is 4.74 Å². The van der Waals surface area contributed by atoms with Gasteiger partial charge in [-0.05, 0) is 29.8 Å². The molecule has 0 saturated carbocycles. The molecule has 27 heavy (non-hydrogen) atoms. The van der Waals surface area contributed by atoms with Gasteiger partial charge < -0.3 is 10.1 Å². The van der Waals surface area contributed by atoms with Crippen molar-refractivity contribution in [3.05, 3.63) is 83.7 Å². The van der Waals surface area contributed by atoms with Gasteiger partial charge in [0.25, 0.3) is 0 Å². The zero-order valence-corrected chi connectivity index (χ0v) is 13.7. The van der Waals surface area contributed by atoms with Crippen LogP contribution in [0.15, 0.2) is 55.1 Å². The monoisotopic (exact) mass is 371 g/mol.